The van der Waals surface area contributed by atoms with Gasteiger partial charge >= 0.3 is 5.56 Å². The molecular formula is C25H27FN6O3S. The molecule has 1 saturated heterocycles. The third-order valence-electron chi connectivity index (χ3n) is 6.00. The highest BCUT2D eigenvalue weighted by Gasteiger charge is 2.21. The number of nitrogens with one attached hydrogen (secondary N) is 2. The molecule has 4 heterocycles. The number of anilines is 2. The van der Waals surface area contributed by atoms with Gasteiger partial charge in [0.05, 0.1) is 24.6 Å². The minimum Gasteiger partial charge on any atom is -0.501 e. The van der Waals surface area contributed by atoms with Crippen LogP contribution in [0.4, 0.5) is 15.8 Å². The van der Waals surface area contributed by atoms with Gasteiger partial charge in [0.15, 0.2) is 5.65 Å². The molecule has 0 saturated carbocycles. The standard InChI is InChI=1S/C25H27FN6O3S/c1-27-6-7-28-20-13-18(31-8-10-35-11-9-31)15-32-23(20)30-21(22(33)25(32)34)24-29-14-19(36-24)12-16-2-4-17(26)5-3-16/h2-5,13-15,27-28,33H,6-12H2,1H3. The van der Waals surface area contributed by atoms with Crippen molar-refractivity contribution in [1.82, 2.24) is 19.7 Å². The van der Waals surface area contributed by atoms with Crippen LogP contribution in [0.5, 0.6) is 5.75 Å². The van der Waals surface area contributed by atoms with Gasteiger partial charge in [0.2, 0.25) is 5.75 Å². The number of morpholine rings is 1. The lowest BCUT2D eigenvalue weighted by Crippen LogP contribution is -2.36. The minimum atomic E-state index is -0.558. The lowest BCUT2D eigenvalue weighted by molar-refractivity contribution is 0.122. The summed E-state index contributed by atoms with van der Waals surface area (Å²) in [4.78, 5) is 25.5. The molecule has 0 unspecified atom stereocenters. The SMILES string of the molecule is CNCCNc1cc(N2CCOCC2)cn2c(=O)c(O)c(-c3ncc(Cc4ccc(F)cc4)s3)nc12. The molecular weight excluding hydrogens is 483 g/mol. The fraction of sp³-hybridized carbons (Fsp3) is 0.320. The molecule has 0 bridgehead atoms. The van der Waals surface area contributed by atoms with E-state index in [-0.39, 0.29) is 11.5 Å². The van der Waals surface area contributed by atoms with Crippen LogP contribution in [0.15, 0.2) is 47.5 Å². The van der Waals surface area contributed by atoms with Crippen LogP contribution in [0.25, 0.3) is 16.3 Å². The lowest BCUT2D eigenvalue weighted by Gasteiger charge is -2.29. The van der Waals surface area contributed by atoms with E-state index in [1.165, 1.54) is 27.9 Å². The number of benzene rings is 1. The Morgan fingerprint density at radius 2 is 1.97 bits per heavy atom. The van der Waals surface area contributed by atoms with Crippen molar-refractivity contribution in [3.63, 3.8) is 0 Å². The molecule has 9 nitrogen and oxygen atoms in total. The lowest BCUT2D eigenvalue weighted by atomic mass is 10.1. The van der Waals surface area contributed by atoms with Crippen LogP contribution in [0.2, 0.25) is 0 Å². The van der Waals surface area contributed by atoms with Crippen molar-refractivity contribution < 1.29 is 14.2 Å². The second-order valence-electron chi connectivity index (χ2n) is 8.48. The molecule has 188 valence electrons. The van der Waals surface area contributed by atoms with Gasteiger partial charge < -0.3 is 25.4 Å². The van der Waals surface area contributed by atoms with Crippen molar-refractivity contribution in [3.8, 4) is 16.5 Å². The number of fused-ring (bicyclic) bond motifs is 1. The summed E-state index contributed by atoms with van der Waals surface area (Å²) < 4.78 is 20.1. The van der Waals surface area contributed by atoms with E-state index >= 15 is 0 Å². The largest absolute Gasteiger partial charge is 0.501 e. The molecule has 0 radical (unpaired) electrons. The Bertz CT molecular complexity index is 1420. The molecule has 0 spiro atoms. The Morgan fingerprint density at radius 1 is 1.19 bits per heavy atom. The average Bonchev–Trinajstić information content (AvgIpc) is 3.36. The molecule has 36 heavy (non-hydrogen) atoms. The van der Waals surface area contributed by atoms with Crippen molar-refractivity contribution in [2.24, 2.45) is 0 Å². The van der Waals surface area contributed by atoms with Crippen LogP contribution < -0.4 is 21.1 Å². The van der Waals surface area contributed by atoms with Gasteiger partial charge in [0, 0.05) is 49.9 Å². The summed E-state index contributed by atoms with van der Waals surface area (Å²) in [6.45, 7) is 4.00. The number of nitrogens with zero attached hydrogens (tertiary/aromatic N) is 4. The molecule has 3 aromatic heterocycles. The Hall–Kier alpha value is -3.54. The van der Waals surface area contributed by atoms with E-state index in [2.05, 4.69) is 25.5 Å². The molecule has 4 aromatic rings. The van der Waals surface area contributed by atoms with Crippen molar-refractivity contribution in [1.29, 1.82) is 0 Å². The molecule has 0 amide bonds. The quantitative estimate of drug-likeness (QED) is 0.311. The maximum Gasteiger partial charge on any atom is 0.300 e. The summed E-state index contributed by atoms with van der Waals surface area (Å²) in [5.74, 6) is -0.735. The fourth-order valence-corrected chi connectivity index (χ4v) is 5.05. The number of likely N-dealkylation sites (N-methyl/N-ethyl adjacent to an activating group) is 1. The zero-order chi connectivity index (χ0) is 25.1. The Labute approximate surface area is 211 Å². The van der Waals surface area contributed by atoms with Crippen LogP contribution in [0, 0.1) is 5.82 Å². The molecule has 5 rings (SSSR count). The minimum absolute atomic E-state index is 0.145. The molecule has 11 heteroatoms. The second-order valence-corrected chi connectivity index (χ2v) is 9.60. The van der Waals surface area contributed by atoms with E-state index in [1.54, 1.807) is 24.5 Å². The number of aromatic nitrogens is 3. The van der Waals surface area contributed by atoms with Crippen LogP contribution in [-0.2, 0) is 11.2 Å². The van der Waals surface area contributed by atoms with Gasteiger partial charge in [-0.2, -0.15) is 0 Å². The summed E-state index contributed by atoms with van der Waals surface area (Å²) in [6.07, 6.45) is 3.97. The smallest absolute Gasteiger partial charge is 0.300 e. The van der Waals surface area contributed by atoms with E-state index in [0.29, 0.717) is 55.6 Å². The number of ether oxygens (including phenoxy) is 1. The first-order valence-corrected chi connectivity index (χ1v) is 12.5. The summed E-state index contributed by atoms with van der Waals surface area (Å²) in [6, 6.07) is 8.26. The maximum absolute atomic E-state index is 13.3. The number of rotatable bonds is 8. The Kier molecular flexibility index (Phi) is 7.12. The molecule has 1 fully saturated rings. The van der Waals surface area contributed by atoms with Crippen LogP contribution in [0.3, 0.4) is 0 Å². The molecule has 3 N–H and O–H groups in total. The summed E-state index contributed by atoms with van der Waals surface area (Å²) in [5, 5.41) is 17.8. The molecule has 0 atom stereocenters. The van der Waals surface area contributed by atoms with Gasteiger partial charge in [0.1, 0.15) is 16.5 Å². The third-order valence-corrected chi connectivity index (χ3v) is 7.00. The normalized spacial score (nSPS) is 13.9. The van der Waals surface area contributed by atoms with Crippen molar-refractivity contribution in [2.75, 3.05) is 56.7 Å². The van der Waals surface area contributed by atoms with Gasteiger partial charge in [-0.15, -0.1) is 11.3 Å². The van der Waals surface area contributed by atoms with Gasteiger partial charge in [-0.05, 0) is 30.8 Å². The molecule has 1 aromatic carbocycles. The van der Waals surface area contributed by atoms with Gasteiger partial charge in [-0.3, -0.25) is 9.20 Å². The Morgan fingerprint density at radius 3 is 2.72 bits per heavy atom. The van der Waals surface area contributed by atoms with E-state index in [9.17, 15) is 14.3 Å². The topological polar surface area (TPSA) is 104 Å². The highest BCUT2D eigenvalue weighted by atomic mass is 32.1. The number of hydrogen-bond donors (Lipinski definition) is 3. The number of pyridine rings is 1. The summed E-state index contributed by atoms with van der Waals surface area (Å²) >= 11 is 1.34. The fourth-order valence-electron chi connectivity index (χ4n) is 4.11. The predicted octanol–water partition coefficient (Wildman–Crippen LogP) is 2.72. The van der Waals surface area contributed by atoms with E-state index < -0.39 is 11.3 Å². The van der Waals surface area contributed by atoms with Crippen LogP contribution in [-0.4, -0.2) is 65.9 Å². The number of aromatic hydroxyl groups is 1. The van der Waals surface area contributed by atoms with E-state index in [0.717, 1.165) is 22.7 Å². The van der Waals surface area contributed by atoms with Crippen LogP contribution >= 0.6 is 11.3 Å². The van der Waals surface area contributed by atoms with Crippen LogP contribution in [0.1, 0.15) is 10.4 Å². The molecule has 1 aliphatic rings. The maximum atomic E-state index is 13.3. The third kappa shape index (κ3) is 5.03. The zero-order valence-electron chi connectivity index (χ0n) is 19.8. The van der Waals surface area contributed by atoms with Crippen molar-refractivity contribution in [3.05, 3.63) is 69.3 Å². The number of thiazole rings is 1. The number of hydrogen-bond acceptors (Lipinski definition) is 9. The molecule has 1 aliphatic heterocycles. The van der Waals surface area contributed by atoms with Gasteiger partial charge in [-0.25, -0.2) is 14.4 Å². The van der Waals surface area contributed by atoms with E-state index in [1.807, 2.05) is 13.1 Å². The number of halogens is 1. The Balaban J connectivity index is 1.54. The predicted molar refractivity (Wildman–Crippen MR) is 139 cm³/mol. The first kappa shape index (κ1) is 24.2. The van der Waals surface area contributed by atoms with Gasteiger partial charge in [-0.1, -0.05) is 12.1 Å². The highest BCUT2D eigenvalue weighted by Crippen LogP contribution is 2.32. The first-order chi connectivity index (χ1) is 17.5. The first-order valence-electron chi connectivity index (χ1n) is 11.7. The second kappa shape index (κ2) is 10.6. The summed E-state index contributed by atoms with van der Waals surface area (Å²) in [7, 11) is 1.87. The molecule has 0 aliphatic carbocycles. The van der Waals surface area contributed by atoms with Crippen molar-refractivity contribution >= 4 is 28.4 Å². The van der Waals surface area contributed by atoms with Crippen molar-refractivity contribution in [2.45, 2.75) is 6.42 Å². The van der Waals surface area contributed by atoms with E-state index in [4.69, 9.17) is 4.74 Å². The average molecular weight is 511 g/mol. The monoisotopic (exact) mass is 510 g/mol. The highest BCUT2D eigenvalue weighted by molar-refractivity contribution is 7.15. The van der Waals surface area contributed by atoms with Gasteiger partial charge in [0.25, 0.3) is 0 Å². The zero-order valence-corrected chi connectivity index (χ0v) is 20.6. The summed E-state index contributed by atoms with van der Waals surface area (Å²) in [5.41, 5.74) is 2.48.